The molecule has 0 saturated heterocycles. The molecular weight excluding hydrogens is 298 g/mol. The van der Waals surface area contributed by atoms with Crippen LogP contribution < -0.4 is 9.47 Å². The van der Waals surface area contributed by atoms with Crippen molar-refractivity contribution in [2.75, 3.05) is 13.4 Å². The summed E-state index contributed by atoms with van der Waals surface area (Å²) in [6.45, 7) is 0. The summed E-state index contributed by atoms with van der Waals surface area (Å²) >= 11 is 7.26. The highest BCUT2D eigenvalue weighted by atomic mass is 35.5. The van der Waals surface area contributed by atoms with Gasteiger partial charge in [0.1, 0.15) is 5.15 Å². The normalized spacial score (nSPS) is 9.90. The summed E-state index contributed by atoms with van der Waals surface area (Å²) in [5.41, 5.74) is 0.486. The molecule has 0 atom stereocenters. The van der Waals surface area contributed by atoms with E-state index in [1.165, 1.54) is 24.9 Å². The van der Waals surface area contributed by atoms with Gasteiger partial charge in [0.2, 0.25) is 5.88 Å². The molecule has 5 nitrogen and oxygen atoms in total. The Kier molecular flexibility index (Phi) is 4.66. The number of methoxy groups -OCH3 is 1. The summed E-state index contributed by atoms with van der Waals surface area (Å²) < 4.78 is 10.8. The molecule has 0 amide bonds. The summed E-state index contributed by atoms with van der Waals surface area (Å²) in [4.78, 5) is 8.22. The van der Waals surface area contributed by atoms with Gasteiger partial charge in [0.05, 0.1) is 18.7 Å². The molecule has 0 spiro atoms. The second kappa shape index (κ2) is 6.46. The monoisotopic (exact) mass is 307 g/mol. The van der Waals surface area contributed by atoms with Gasteiger partial charge in [-0.05, 0) is 18.4 Å². The van der Waals surface area contributed by atoms with Gasteiger partial charge in [0.15, 0.2) is 16.7 Å². The molecule has 0 fully saturated rings. The van der Waals surface area contributed by atoms with Crippen molar-refractivity contribution in [2.45, 2.75) is 5.16 Å². The zero-order valence-electron chi connectivity index (χ0n) is 10.8. The Labute approximate surface area is 125 Å². The molecule has 20 heavy (non-hydrogen) atoms. The number of benzene rings is 1. The van der Waals surface area contributed by atoms with E-state index < -0.39 is 0 Å². The van der Waals surface area contributed by atoms with Crippen LogP contribution in [0.15, 0.2) is 29.4 Å². The summed E-state index contributed by atoms with van der Waals surface area (Å²) in [6.07, 6.45) is 1.84. The maximum atomic E-state index is 8.86. The average molecular weight is 308 g/mol. The first-order valence-corrected chi connectivity index (χ1v) is 7.11. The van der Waals surface area contributed by atoms with E-state index in [1.807, 2.05) is 12.3 Å². The van der Waals surface area contributed by atoms with Crippen LogP contribution in [0.2, 0.25) is 5.15 Å². The molecule has 0 saturated carbocycles. The van der Waals surface area contributed by atoms with Gasteiger partial charge in [-0.2, -0.15) is 10.2 Å². The van der Waals surface area contributed by atoms with Crippen LogP contribution in [0.25, 0.3) is 0 Å². The van der Waals surface area contributed by atoms with Gasteiger partial charge < -0.3 is 9.47 Å². The number of rotatable bonds is 4. The zero-order chi connectivity index (χ0) is 14.5. The average Bonchev–Trinajstić information content (AvgIpc) is 2.47. The van der Waals surface area contributed by atoms with Crippen molar-refractivity contribution >= 4 is 23.4 Å². The number of halogens is 1. The third-order valence-electron chi connectivity index (χ3n) is 2.34. The van der Waals surface area contributed by atoms with E-state index in [9.17, 15) is 0 Å². The van der Waals surface area contributed by atoms with Crippen molar-refractivity contribution in [3.63, 3.8) is 0 Å². The standard InChI is InChI=1S/C13H10ClN3O2S/c1-18-10-5-8(7-15)3-4-9(10)19-12-6-11(14)16-13(17-12)20-2/h3-6H,1-2H3. The van der Waals surface area contributed by atoms with Crippen LogP contribution in [0.5, 0.6) is 17.4 Å². The molecular formula is C13H10ClN3O2S. The van der Waals surface area contributed by atoms with Crippen molar-refractivity contribution in [2.24, 2.45) is 0 Å². The lowest BCUT2D eigenvalue weighted by atomic mass is 10.2. The lowest BCUT2D eigenvalue weighted by Crippen LogP contribution is -1.95. The molecule has 2 rings (SSSR count). The molecule has 1 aromatic carbocycles. The van der Waals surface area contributed by atoms with Crippen molar-refractivity contribution in [3.8, 4) is 23.4 Å². The van der Waals surface area contributed by atoms with Crippen molar-refractivity contribution < 1.29 is 9.47 Å². The van der Waals surface area contributed by atoms with Gasteiger partial charge in [-0.25, -0.2) is 4.98 Å². The number of hydrogen-bond donors (Lipinski definition) is 0. The summed E-state index contributed by atoms with van der Waals surface area (Å²) in [7, 11) is 1.50. The molecule has 102 valence electrons. The van der Waals surface area contributed by atoms with Crippen LogP contribution in [0.4, 0.5) is 0 Å². The van der Waals surface area contributed by atoms with E-state index in [1.54, 1.807) is 18.2 Å². The zero-order valence-corrected chi connectivity index (χ0v) is 12.3. The maximum Gasteiger partial charge on any atom is 0.224 e. The number of thioether (sulfide) groups is 1. The molecule has 7 heteroatoms. The van der Waals surface area contributed by atoms with E-state index >= 15 is 0 Å². The largest absolute Gasteiger partial charge is 0.493 e. The maximum absolute atomic E-state index is 8.86. The first kappa shape index (κ1) is 14.4. The van der Waals surface area contributed by atoms with E-state index in [0.29, 0.717) is 33.3 Å². The van der Waals surface area contributed by atoms with Crippen LogP contribution in [0.3, 0.4) is 0 Å². The molecule has 0 aliphatic rings. The van der Waals surface area contributed by atoms with E-state index in [2.05, 4.69) is 9.97 Å². The Morgan fingerprint density at radius 2 is 2.05 bits per heavy atom. The van der Waals surface area contributed by atoms with Gasteiger partial charge in [-0.15, -0.1) is 0 Å². The Morgan fingerprint density at radius 3 is 2.70 bits per heavy atom. The van der Waals surface area contributed by atoms with Gasteiger partial charge >= 0.3 is 0 Å². The van der Waals surface area contributed by atoms with Gasteiger partial charge in [-0.3, -0.25) is 0 Å². The Bertz CT molecular complexity index is 673. The number of ether oxygens (including phenoxy) is 2. The van der Waals surface area contributed by atoms with Crippen LogP contribution in [-0.4, -0.2) is 23.3 Å². The summed E-state index contributed by atoms with van der Waals surface area (Å²) in [5.74, 6) is 1.22. The lowest BCUT2D eigenvalue weighted by molar-refractivity contribution is 0.372. The minimum atomic E-state index is 0.298. The Balaban J connectivity index is 2.34. The third-order valence-corrected chi connectivity index (χ3v) is 3.08. The quantitative estimate of drug-likeness (QED) is 0.489. The Morgan fingerprint density at radius 1 is 1.25 bits per heavy atom. The number of aromatic nitrogens is 2. The van der Waals surface area contributed by atoms with Crippen LogP contribution >= 0.6 is 23.4 Å². The predicted molar refractivity (Wildman–Crippen MR) is 76.6 cm³/mol. The SMILES string of the molecule is COc1cc(C#N)ccc1Oc1cc(Cl)nc(SC)n1. The molecule has 2 aromatic rings. The number of nitriles is 1. The smallest absolute Gasteiger partial charge is 0.224 e. The Hall–Kier alpha value is -1.97. The fraction of sp³-hybridized carbons (Fsp3) is 0.154. The minimum Gasteiger partial charge on any atom is -0.493 e. The minimum absolute atomic E-state index is 0.298. The predicted octanol–water partition coefficient (Wildman–Crippen LogP) is 3.52. The molecule has 0 bridgehead atoms. The van der Waals surface area contributed by atoms with Crippen LogP contribution in [-0.2, 0) is 0 Å². The first-order chi connectivity index (χ1) is 9.66. The first-order valence-electron chi connectivity index (χ1n) is 5.51. The fourth-order valence-corrected chi connectivity index (χ4v) is 2.05. The third kappa shape index (κ3) is 3.32. The van der Waals surface area contributed by atoms with Gasteiger partial charge in [0.25, 0.3) is 0 Å². The van der Waals surface area contributed by atoms with Crippen LogP contribution in [0, 0.1) is 11.3 Å². The second-order valence-electron chi connectivity index (χ2n) is 3.60. The topological polar surface area (TPSA) is 68.0 Å². The van der Waals surface area contributed by atoms with Crippen molar-refractivity contribution in [1.82, 2.24) is 9.97 Å². The van der Waals surface area contributed by atoms with E-state index in [4.69, 9.17) is 26.3 Å². The van der Waals surface area contributed by atoms with E-state index in [-0.39, 0.29) is 0 Å². The van der Waals surface area contributed by atoms with Gasteiger partial charge in [0, 0.05) is 12.1 Å². The summed E-state index contributed by atoms with van der Waals surface area (Å²) in [5, 5.41) is 9.67. The van der Waals surface area contributed by atoms with E-state index in [0.717, 1.165) is 0 Å². The van der Waals surface area contributed by atoms with Crippen LogP contribution in [0.1, 0.15) is 5.56 Å². The lowest BCUT2D eigenvalue weighted by Gasteiger charge is -2.10. The summed E-state index contributed by atoms with van der Waals surface area (Å²) in [6, 6.07) is 8.42. The molecule has 1 heterocycles. The molecule has 0 aliphatic heterocycles. The number of nitrogens with zero attached hydrogens (tertiary/aromatic N) is 3. The molecule has 0 N–H and O–H groups in total. The highest BCUT2D eigenvalue weighted by Gasteiger charge is 2.10. The molecule has 1 aromatic heterocycles. The molecule has 0 unspecified atom stereocenters. The fourth-order valence-electron chi connectivity index (χ4n) is 1.45. The van der Waals surface area contributed by atoms with Crippen molar-refractivity contribution in [1.29, 1.82) is 5.26 Å². The molecule has 0 radical (unpaired) electrons. The van der Waals surface area contributed by atoms with Crippen molar-refractivity contribution in [3.05, 3.63) is 35.0 Å². The second-order valence-corrected chi connectivity index (χ2v) is 4.76. The molecule has 0 aliphatic carbocycles. The highest BCUT2D eigenvalue weighted by Crippen LogP contribution is 2.32. The van der Waals surface area contributed by atoms with Gasteiger partial charge in [-0.1, -0.05) is 23.4 Å². The number of hydrogen-bond acceptors (Lipinski definition) is 6. The highest BCUT2D eigenvalue weighted by molar-refractivity contribution is 7.98.